The Balaban J connectivity index is 2.36. The second-order valence-electron chi connectivity index (χ2n) is 3.64. The minimum atomic E-state index is 0.0975. The van der Waals surface area contributed by atoms with E-state index in [-0.39, 0.29) is 11.9 Å². The van der Waals surface area contributed by atoms with Crippen LogP contribution < -0.4 is 5.73 Å². The summed E-state index contributed by atoms with van der Waals surface area (Å²) in [7, 11) is 1.79. The van der Waals surface area contributed by atoms with Crippen molar-refractivity contribution >= 4 is 5.91 Å². The van der Waals surface area contributed by atoms with Crippen LogP contribution in [0.1, 0.15) is 13.3 Å². The fourth-order valence-corrected chi connectivity index (χ4v) is 1.22. The van der Waals surface area contributed by atoms with Crippen LogP contribution in [0.25, 0.3) is 0 Å². The number of carbonyl (C=O) groups is 1. The first-order valence-corrected chi connectivity index (χ1v) is 5.06. The molecule has 1 heterocycles. The van der Waals surface area contributed by atoms with E-state index in [1.54, 1.807) is 24.5 Å². The molecule has 15 heavy (non-hydrogen) atoms. The van der Waals surface area contributed by atoms with Gasteiger partial charge >= 0.3 is 0 Å². The molecule has 0 aromatic carbocycles. The van der Waals surface area contributed by atoms with Crippen molar-refractivity contribution in [3.63, 3.8) is 0 Å². The predicted octanol–water partition coefficient (Wildman–Crippen LogP) is 0.0788. The molecule has 0 aliphatic heterocycles. The van der Waals surface area contributed by atoms with Gasteiger partial charge in [0.1, 0.15) is 0 Å². The van der Waals surface area contributed by atoms with Gasteiger partial charge in [-0.15, -0.1) is 0 Å². The number of rotatable bonds is 5. The summed E-state index contributed by atoms with van der Waals surface area (Å²) < 4.78 is 1.89. The normalized spacial score (nSPS) is 12.5. The summed E-state index contributed by atoms with van der Waals surface area (Å²) in [6.07, 6.45) is 5.74. The molecule has 0 fully saturated rings. The molecule has 5 nitrogen and oxygen atoms in total. The second-order valence-corrected chi connectivity index (χ2v) is 3.64. The number of hydrogen-bond donors (Lipinski definition) is 1. The zero-order valence-electron chi connectivity index (χ0n) is 9.26. The van der Waals surface area contributed by atoms with E-state index in [0.29, 0.717) is 19.5 Å². The summed E-state index contributed by atoms with van der Waals surface area (Å²) in [5.74, 6) is 0.113. The van der Waals surface area contributed by atoms with Crippen molar-refractivity contribution in [3.05, 3.63) is 18.7 Å². The number of likely N-dealkylation sites (N-methyl/N-ethyl adjacent to an activating group) is 1. The van der Waals surface area contributed by atoms with Crippen molar-refractivity contribution in [1.29, 1.82) is 0 Å². The van der Waals surface area contributed by atoms with E-state index in [4.69, 9.17) is 5.73 Å². The third kappa shape index (κ3) is 3.36. The molecular formula is C10H18N4O. The third-order valence-corrected chi connectivity index (χ3v) is 2.54. The van der Waals surface area contributed by atoms with Gasteiger partial charge in [-0.25, -0.2) is 4.98 Å². The van der Waals surface area contributed by atoms with Gasteiger partial charge in [0.05, 0.1) is 6.33 Å². The predicted molar refractivity (Wildman–Crippen MR) is 58.1 cm³/mol. The average Bonchev–Trinajstić information content (AvgIpc) is 2.76. The Kier molecular flexibility index (Phi) is 4.30. The topological polar surface area (TPSA) is 64.2 Å². The lowest BCUT2D eigenvalue weighted by atomic mass is 10.2. The smallest absolute Gasteiger partial charge is 0.224 e. The van der Waals surface area contributed by atoms with E-state index in [0.717, 1.165) is 0 Å². The number of aryl methyl sites for hydroxylation is 1. The van der Waals surface area contributed by atoms with Gasteiger partial charge in [0.2, 0.25) is 5.91 Å². The molecule has 0 aliphatic carbocycles. The molecule has 1 unspecified atom stereocenters. The maximum Gasteiger partial charge on any atom is 0.224 e. The van der Waals surface area contributed by atoms with Crippen LogP contribution in [0.5, 0.6) is 0 Å². The van der Waals surface area contributed by atoms with Crippen molar-refractivity contribution in [1.82, 2.24) is 14.5 Å². The lowest BCUT2D eigenvalue weighted by Crippen LogP contribution is -2.39. The van der Waals surface area contributed by atoms with E-state index >= 15 is 0 Å². The lowest BCUT2D eigenvalue weighted by Gasteiger charge is -2.23. The van der Waals surface area contributed by atoms with Gasteiger partial charge in [0, 0.05) is 45.0 Å². The zero-order chi connectivity index (χ0) is 11.3. The van der Waals surface area contributed by atoms with Crippen LogP contribution in [0.3, 0.4) is 0 Å². The minimum absolute atomic E-state index is 0.0975. The quantitative estimate of drug-likeness (QED) is 0.748. The van der Waals surface area contributed by atoms with Crippen molar-refractivity contribution in [3.8, 4) is 0 Å². The van der Waals surface area contributed by atoms with Gasteiger partial charge in [0.25, 0.3) is 0 Å². The molecule has 0 spiro atoms. The molecule has 0 saturated heterocycles. The maximum absolute atomic E-state index is 11.7. The molecule has 5 heteroatoms. The zero-order valence-corrected chi connectivity index (χ0v) is 9.26. The highest BCUT2D eigenvalue weighted by Gasteiger charge is 2.13. The van der Waals surface area contributed by atoms with Crippen LogP contribution in [0.15, 0.2) is 18.7 Å². The van der Waals surface area contributed by atoms with Gasteiger partial charge in [-0.1, -0.05) is 0 Å². The SMILES string of the molecule is CC(CN)N(C)C(=O)CCn1ccnc1. The van der Waals surface area contributed by atoms with Gasteiger partial charge in [-0.2, -0.15) is 0 Å². The molecule has 0 aliphatic rings. The van der Waals surface area contributed by atoms with Crippen LogP contribution in [-0.2, 0) is 11.3 Å². The Labute approximate surface area is 89.9 Å². The van der Waals surface area contributed by atoms with E-state index < -0.39 is 0 Å². The highest BCUT2D eigenvalue weighted by molar-refractivity contribution is 5.76. The summed E-state index contributed by atoms with van der Waals surface area (Å²) in [5.41, 5.74) is 5.49. The Hall–Kier alpha value is -1.36. The molecule has 1 aromatic heterocycles. The van der Waals surface area contributed by atoms with E-state index in [2.05, 4.69) is 4.98 Å². The van der Waals surface area contributed by atoms with Crippen molar-refractivity contribution < 1.29 is 4.79 Å². The van der Waals surface area contributed by atoms with Gasteiger partial charge in [-0.3, -0.25) is 4.79 Å². The van der Waals surface area contributed by atoms with Gasteiger partial charge in [0.15, 0.2) is 0 Å². The lowest BCUT2D eigenvalue weighted by molar-refractivity contribution is -0.131. The molecule has 1 amide bonds. The maximum atomic E-state index is 11.7. The van der Waals surface area contributed by atoms with E-state index in [1.165, 1.54) is 0 Å². The van der Waals surface area contributed by atoms with Crippen molar-refractivity contribution in [2.75, 3.05) is 13.6 Å². The summed E-state index contributed by atoms with van der Waals surface area (Å²) in [6, 6.07) is 0.0975. The fourth-order valence-electron chi connectivity index (χ4n) is 1.22. The largest absolute Gasteiger partial charge is 0.342 e. The molecular weight excluding hydrogens is 192 g/mol. The molecule has 1 aromatic rings. The first-order valence-electron chi connectivity index (χ1n) is 5.06. The number of nitrogens with zero attached hydrogens (tertiary/aromatic N) is 3. The first kappa shape index (κ1) is 11.7. The van der Waals surface area contributed by atoms with Crippen LogP contribution >= 0.6 is 0 Å². The van der Waals surface area contributed by atoms with Crippen LogP contribution in [-0.4, -0.2) is 40.0 Å². The Morgan fingerprint density at radius 3 is 2.93 bits per heavy atom. The molecule has 0 bridgehead atoms. The summed E-state index contributed by atoms with van der Waals surface area (Å²) >= 11 is 0. The highest BCUT2D eigenvalue weighted by Crippen LogP contribution is 1.99. The number of imidazole rings is 1. The number of amides is 1. The fraction of sp³-hybridized carbons (Fsp3) is 0.600. The summed E-state index contributed by atoms with van der Waals surface area (Å²) in [6.45, 7) is 3.10. The highest BCUT2D eigenvalue weighted by atomic mass is 16.2. The Bertz CT molecular complexity index is 296. The number of nitrogens with two attached hydrogens (primary N) is 1. The molecule has 84 valence electrons. The molecule has 1 rings (SSSR count). The van der Waals surface area contributed by atoms with Gasteiger partial charge < -0.3 is 15.2 Å². The second kappa shape index (κ2) is 5.50. The van der Waals surface area contributed by atoms with E-state index in [9.17, 15) is 4.79 Å². The standard InChI is InChI=1S/C10H18N4O/c1-9(7-11)13(2)10(15)3-5-14-6-4-12-8-14/h4,6,8-9H,3,5,7,11H2,1-2H3. The minimum Gasteiger partial charge on any atom is -0.342 e. The molecule has 0 radical (unpaired) electrons. The van der Waals surface area contributed by atoms with Crippen LogP contribution in [0.2, 0.25) is 0 Å². The number of aromatic nitrogens is 2. The first-order chi connectivity index (χ1) is 7.15. The number of hydrogen-bond acceptors (Lipinski definition) is 3. The van der Waals surface area contributed by atoms with E-state index in [1.807, 2.05) is 17.7 Å². The Morgan fingerprint density at radius 2 is 2.40 bits per heavy atom. The number of carbonyl (C=O) groups excluding carboxylic acids is 1. The summed E-state index contributed by atoms with van der Waals surface area (Å²) in [4.78, 5) is 17.3. The molecule has 1 atom stereocenters. The summed E-state index contributed by atoms with van der Waals surface area (Å²) in [5, 5.41) is 0. The van der Waals surface area contributed by atoms with Crippen LogP contribution in [0, 0.1) is 0 Å². The van der Waals surface area contributed by atoms with Crippen molar-refractivity contribution in [2.24, 2.45) is 5.73 Å². The molecule has 2 N–H and O–H groups in total. The van der Waals surface area contributed by atoms with Crippen molar-refractivity contribution in [2.45, 2.75) is 25.9 Å². The van der Waals surface area contributed by atoms with Gasteiger partial charge in [-0.05, 0) is 6.92 Å². The Morgan fingerprint density at radius 1 is 1.67 bits per heavy atom. The monoisotopic (exact) mass is 210 g/mol. The third-order valence-electron chi connectivity index (χ3n) is 2.54. The molecule has 0 saturated carbocycles. The van der Waals surface area contributed by atoms with Crippen LogP contribution in [0.4, 0.5) is 0 Å². The average molecular weight is 210 g/mol.